The Balaban J connectivity index is 2.54. The van der Waals surface area contributed by atoms with Crippen LogP contribution >= 0.6 is 0 Å². The highest BCUT2D eigenvalue weighted by Crippen LogP contribution is 2.19. The summed E-state index contributed by atoms with van der Waals surface area (Å²) in [5, 5.41) is 21.2. The molecule has 0 spiro atoms. The van der Waals surface area contributed by atoms with Crippen molar-refractivity contribution >= 4 is 11.0 Å². The van der Waals surface area contributed by atoms with Crippen molar-refractivity contribution in [3.63, 3.8) is 0 Å². The van der Waals surface area contributed by atoms with E-state index in [-0.39, 0.29) is 6.42 Å². The van der Waals surface area contributed by atoms with Crippen LogP contribution < -0.4 is 5.32 Å². The number of para-hydroxylation sites is 2. The number of rotatable bonds is 4. The molecule has 1 unspecified atom stereocenters. The number of hydrogen-bond acceptors (Lipinski definition) is 4. The molecule has 2 aromatic rings. The van der Waals surface area contributed by atoms with Gasteiger partial charge >= 0.3 is 0 Å². The third-order valence-electron chi connectivity index (χ3n) is 3.24. The smallest absolute Gasteiger partial charge is 0.124 e. The van der Waals surface area contributed by atoms with Gasteiger partial charge in [-0.2, -0.15) is 10.5 Å². The van der Waals surface area contributed by atoms with Gasteiger partial charge in [-0.3, -0.25) is 0 Å². The number of benzene rings is 1. The number of nitrogens with one attached hydrogen (secondary N) is 1. The first-order valence-corrected chi connectivity index (χ1v) is 6.05. The zero-order valence-electron chi connectivity index (χ0n) is 11.0. The lowest BCUT2D eigenvalue weighted by Crippen LogP contribution is -2.42. The first kappa shape index (κ1) is 13.1. The highest BCUT2D eigenvalue weighted by Gasteiger charge is 2.24. The zero-order chi connectivity index (χ0) is 13.9. The summed E-state index contributed by atoms with van der Waals surface area (Å²) >= 11 is 0. The fourth-order valence-electron chi connectivity index (χ4n) is 1.99. The maximum atomic E-state index is 9.27. The molecule has 1 aromatic heterocycles. The Morgan fingerprint density at radius 1 is 1.37 bits per heavy atom. The molecule has 2 rings (SSSR count). The van der Waals surface area contributed by atoms with E-state index < -0.39 is 5.54 Å². The summed E-state index contributed by atoms with van der Waals surface area (Å²) in [6.07, 6.45) is 0.236. The van der Waals surface area contributed by atoms with E-state index in [0.29, 0.717) is 12.4 Å². The number of aromatic nitrogens is 2. The molecule has 0 bridgehead atoms. The molecule has 1 N–H and O–H groups in total. The van der Waals surface area contributed by atoms with E-state index in [9.17, 15) is 5.26 Å². The van der Waals surface area contributed by atoms with Crippen LogP contribution in [-0.4, -0.2) is 22.1 Å². The number of imidazole rings is 1. The minimum Gasteiger partial charge on any atom is -0.324 e. The molecule has 0 amide bonds. The Kier molecular flexibility index (Phi) is 3.50. The topological polar surface area (TPSA) is 77.4 Å². The third-order valence-corrected chi connectivity index (χ3v) is 3.24. The van der Waals surface area contributed by atoms with Gasteiger partial charge in [0, 0.05) is 0 Å². The van der Waals surface area contributed by atoms with Crippen molar-refractivity contribution in [1.29, 1.82) is 10.5 Å². The van der Waals surface area contributed by atoms with E-state index in [4.69, 9.17) is 5.26 Å². The highest BCUT2D eigenvalue weighted by molar-refractivity contribution is 5.76. The van der Waals surface area contributed by atoms with Crippen LogP contribution in [-0.2, 0) is 13.0 Å². The lowest BCUT2D eigenvalue weighted by Gasteiger charge is -2.22. The SMILES string of the molecule is CNC(C)(C#N)Cn1c(CC#N)nc2ccccc21. The Morgan fingerprint density at radius 2 is 2.11 bits per heavy atom. The minimum atomic E-state index is -0.687. The summed E-state index contributed by atoms with van der Waals surface area (Å²) in [6.45, 7) is 2.29. The molecule has 0 aliphatic rings. The van der Waals surface area contributed by atoms with Crippen molar-refractivity contribution in [3.8, 4) is 12.1 Å². The van der Waals surface area contributed by atoms with Crippen molar-refractivity contribution in [2.75, 3.05) is 7.05 Å². The van der Waals surface area contributed by atoms with Gasteiger partial charge in [-0.05, 0) is 26.1 Å². The lowest BCUT2D eigenvalue weighted by atomic mass is 10.1. The van der Waals surface area contributed by atoms with E-state index in [1.165, 1.54) is 0 Å². The van der Waals surface area contributed by atoms with Crippen molar-refractivity contribution in [1.82, 2.24) is 14.9 Å². The molecule has 0 radical (unpaired) electrons. The summed E-state index contributed by atoms with van der Waals surface area (Å²) in [6, 6.07) is 12.1. The molecule has 0 saturated carbocycles. The van der Waals surface area contributed by atoms with Gasteiger partial charge < -0.3 is 9.88 Å². The summed E-state index contributed by atoms with van der Waals surface area (Å²) in [5.74, 6) is 0.695. The number of likely N-dealkylation sites (N-methyl/N-ethyl adjacent to an activating group) is 1. The van der Waals surface area contributed by atoms with E-state index in [1.807, 2.05) is 35.8 Å². The predicted octanol–water partition coefficient (Wildman–Crippen LogP) is 1.60. The average molecular weight is 253 g/mol. The van der Waals surface area contributed by atoms with Gasteiger partial charge in [-0.1, -0.05) is 12.1 Å². The van der Waals surface area contributed by atoms with Gasteiger partial charge in [0.15, 0.2) is 0 Å². The van der Waals surface area contributed by atoms with Gasteiger partial charge in [-0.25, -0.2) is 4.98 Å². The van der Waals surface area contributed by atoms with E-state index in [1.54, 1.807) is 7.05 Å². The molecule has 1 atom stereocenters. The van der Waals surface area contributed by atoms with Crippen LogP contribution in [0.4, 0.5) is 0 Å². The molecular formula is C14H15N5. The molecule has 5 heteroatoms. The van der Waals surface area contributed by atoms with Crippen LogP contribution in [0.25, 0.3) is 11.0 Å². The zero-order valence-corrected chi connectivity index (χ0v) is 11.0. The lowest BCUT2D eigenvalue weighted by molar-refractivity contribution is 0.418. The Bertz CT molecular complexity index is 673. The van der Waals surface area contributed by atoms with Gasteiger partial charge in [0.1, 0.15) is 11.4 Å². The maximum Gasteiger partial charge on any atom is 0.124 e. The molecule has 0 aliphatic heterocycles. The second-order valence-corrected chi connectivity index (χ2v) is 4.63. The molecule has 0 saturated heterocycles. The quantitative estimate of drug-likeness (QED) is 0.897. The van der Waals surface area contributed by atoms with Gasteiger partial charge in [-0.15, -0.1) is 0 Å². The van der Waals surface area contributed by atoms with Crippen LogP contribution in [0.2, 0.25) is 0 Å². The average Bonchev–Trinajstić information content (AvgIpc) is 2.77. The molecule has 1 aromatic carbocycles. The minimum absolute atomic E-state index is 0.236. The number of nitriles is 2. The largest absolute Gasteiger partial charge is 0.324 e. The van der Waals surface area contributed by atoms with Crippen LogP contribution in [0.3, 0.4) is 0 Å². The van der Waals surface area contributed by atoms with Crippen molar-refractivity contribution in [2.24, 2.45) is 0 Å². The van der Waals surface area contributed by atoms with Crippen LogP contribution in [0, 0.1) is 22.7 Å². The number of hydrogen-bond donors (Lipinski definition) is 1. The Hall–Kier alpha value is -2.37. The van der Waals surface area contributed by atoms with Gasteiger partial charge in [0.25, 0.3) is 0 Å². The molecule has 96 valence electrons. The fourth-order valence-corrected chi connectivity index (χ4v) is 1.99. The summed E-state index contributed by atoms with van der Waals surface area (Å²) in [5.41, 5.74) is 1.11. The van der Waals surface area contributed by atoms with Crippen LogP contribution in [0.5, 0.6) is 0 Å². The van der Waals surface area contributed by atoms with E-state index in [2.05, 4.69) is 22.4 Å². The van der Waals surface area contributed by atoms with Gasteiger partial charge in [0.2, 0.25) is 0 Å². The predicted molar refractivity (Wildman–Crippen MR) is 72.1 cm³/mol. The molecule has 0 fully saturated rings. The van der Waals surface area contributed by atoms with E-state index in [0.717, 1.165) is 11.0 Å². The van der Waals surface area contributed by atoms with Crippen molar-refractivity contribution in [3.05, 3.63) is 30.1 Å². The van der Waals surface area contributed by atoms with E-state index >= 15 is 0 Å². The normalized spacial score (nSPS) is 13.7. The summed E-state index contributed by atoms with van der Waals surface area (Å²) < 4.78 is 1.94. The Morgan fingerprint density at radius 3 is 2.74 bits per heavy atom. The standard InChI is InChI=1S/C14H15N5/c1-14(9-16,17-2)10-19-12-6-4-3-5-11(12)18-13(19)7-8-15/h3-6,17H,7,10H2,1-2H3. The molecule has 19 heavy (non-hydrogen) atoms. The maximum absolute atomic E-state index is 9.27. The Labute approximate surface area is 112 Å². The first-order chi connectivity index (χ1) is 9.13. The summed E-state index contributed by atoms with van der Waals surface area (Å²) in [4.78, 5) is 4.46. The second kappa shape index (κ2) is 5.09. The fraction of sp³-hybridized carbons (Fsp3) is 0.357. The molecular weight excluding hydrogens is 238 g/mol. The van der Waals surface area contributed by atoms with Crippen molar-refractivity contribution in [2.45, 2.75) is 25.4 Å². The monoisotopic (exact) mass is 253 g/mol. The van der Waals surface area contributed by atoms with Crippen LogP contribution in [0.1, 0.15) is 12.7 Å². The molecule has 0 aliphatic carbocycles. The molecule has 1 heterocycles. The van der Waals surface area contributed by atoms with Gasteiger partial charge in [0.05, 0.1) is 36.1 Å². The second-order valence-electron chi connectivity index (χ2n) is 4.63. The third kappa shape index (κ3) is 2.42. The number of nitrogens with zero attached hydrogens (tertiary/aromatic N) is 4. The van der Waals surface area contributed by atoms with Crippen molar-refractivity contribution < 1.29 is 0 Å². The number of fused-ring (bicyclic) bond motifs is 1. The van der Waals surface area contributed by atoms with Crippen LogP contribution in [0.15, 0.2) is 24.3 Å². The first-order valence-electron chi connectivity index (χ1n) is 6.05. The molecule has 5 nitrogen and oxygen atoms in total. The summed E-state index contributed by atoms with van der Waals surface area (Å²) in [7, 11) is 1.76. The highest BCUT2D eigenvalue weighted by atomic mass is 15.1.